The van der Waals surface area contributed by atoms with Crippen LogP contribution in [0.3, 0.4) is 0 Å². The van der Waals surface area contributed by atoms with Crippen molar-refractivity contribution in [3.63, 3.8) is 0 Å². The first-order valence-electron chi connectivity index (χ1n) is 10.1. The molecule has 3 heterocycles. The largest absolute Gasteiger partial charge is 0.453 e. The second-order valence-corrected chi connectivity index (χ2v) is 8.48. The lowest BCUT2D eigenvalue weighted by atomic mass is 10.3. The zero-order valence-electron chi connectivity index (χ0n) is 17.9. The van der Waals surface area contributed by atoms with Crippen LogP contribution in [0.2, 0.25) is 5.15 Å². The van der Waals surface area contributed by atoms with E-state index in [4.69, 9.17) is 16.3 Å². The number of nitrogens with zero attached hydrogens (tertiary/aromatic N) is 7. The van der Waals surface area contributed by atoms with Crippen LogP contribution in [0.5, 0.6) is 0 Å². The molecule has 1 aromatic carbocycles. The normalized spacial score (nSPS) is 14.8. The van der Waals surface area contributed by atoms with Crippen molar-refractivity contribution < 1.29 is 22.7 Å². The molecule has 4 rings (SSSR count). The van der Waals surface area contributed by atoms with Crippen molar-refractivity contribution in [2.75, 3.05) is 32.1 Å². The molecule has 0 N–H and O–H groups in total. The molecule has 0 aliphatic carbocycles. The Balaban J connectivity index is 1.60. The number of carbonyl (C=O) groups is 1. The Kier molecular flexibility index (Phi) is 7.24. The number of hydrogen-bond acceptors (Lipinski definition) is 7. The van der Waals surface area contributed by atoms with Crippen molar-refractivity contribution in [3.8, 4) is 5.69 Å². The van der Waals surface area contributed by atoms with Gasteiger partial charge in [0.05, 0.1) is 42.1 Å². The van der Waals surface area contributed by atoms with Gasteiger partial charge in [-0.1, -0.05) is 41.6 Å². The van der Waals surface area contributed by atoms with Gasteiger partial charge in [-0.2, -0.15) is 28.0 Å². The van der Waals surface area contributed by atoms with E-state index in [2.05, 4.69) is 20.4 Å². The minimum absolute atomic E-state index is 0.114. The summed E-state index contributed by atoms with van der Waals surface area (Å²) < 4.78 is 47.8. The van der Waals surface area contributed by atoms with Gasteiger partial charge in [0.25, 0.3) is 5.82 Å². The van der Waals surface area contributed by atoms with Crippen LogP contribution >= 0.6 is 23.4 Å². The van der Waals surface area contributed by atoms with Crippen LogP contribution in [0.25, 0.3) is 5.69 Å². The quantitative estimate of drug-likeness (QED) is 0.371. The Hall–Kier alpha value is -2.90. The summed E-state index contributed by atoms with van der Waals surface area (Å²) in [6, 6.07) is 9.04. The minimum atomic E-state index is -4.80. The molecule has 1 saturated heterocycles. The van der Waals surface area contributed by atoms with Crippen molar-refractivity contribution >= 4 is 35.5 Å². The Morgan fingerprint density at radius 1 is 1.24 bits per heavy atom. The molecule has 1 aliphatic rings. The number of morpholine rings is 1. The highest BCUT2D eigenvalue weighted by Gasteiger charge is 2.39. The summed E-state index contributed by atoms with van der Waals surface area (Å²) in [6.45, 7) is 3.38. The highest BCUT2D eigenvalue weighted by molar-refractivity contribution is 7.99. The van der Waals surface area contributed by atoms with Gasteiger partial charge in [0.2, 0.25) is 11.1 Å². The van der Waals surface area contributed by atoms with Crippen LogP contribution in [0.4, 0.5) is 13.2 Å². The molecule has 0 atom stereocenters. The molecule has 0 radical (unpaired) electrons. The van der Waals surface area contributed by atoms with E-state index in [1.807, 2.05) is 18.2 Å². The number of carbonyl (C=O) groups excluding carboxylic acids is 1. The van der Waals surface area contributed by atoms with E-state index in [9.17, 15) is 18.0 Å². The first-order chi connectivity index (χ1) is 16.3. The summed E-state index contributed by atoms with van der Waals surface area (Å²) in [7, 11) is 0. The molecular formula is C20H19ClF3N7O2S. The van der Waals surface area contributed by atoms with Crippen LogP contribution in [-0.2, 0) is 15.7 Å². The summed E-state index contributed by atoms with van der Waals surface area (Å²) in [5.74, 6) is -1.66. The average molecular weight is 514 g/mol. The molecule has 0 saturated carbocycles. The molecule has 2 aromatic heterocycles. The number of amides is 1. The fraction of sp³-hybridized carbons (Fsp3) is 0.350. The maximum absolute atomic E-state index is 13.5. The van der Waals surface area contributed by atoms with Gasteiger partial charge >= 0.3 is 6.18 Å². The SMILES string of the molecule is Cc1nn(-c2ccccc2)c(Cl)c1/C=N\n1c(SCC(=O)N2CCOCC2)nnc1C(F)(F)F. The van der Waals surface area contributed by atoms with Crippen molar-refractivity contribution in [3.05, 3.63) is 52.6 Å². The molecular weight excluding hydrogens is 495 g/mol. The van der Waals surface area contributed by atoms with Gasteiger partial charge in [-0.3, -0.25) is 4.79 Å². The smallest absolute Gasteiger partial charge is 0.378 e. The number of thioether (sulfide) groups is 1. The van der Waals surface area contributed by atoms with Crippen molar-refractivity contribution in [1.29, 1.82) is 0 Å². The van der Waals surface area contributed by atoms with E-state index in [0.717, 1.165) is 11.8 Å². The number of benzene rings is 1. The van der Waals surface area contributed by atoms with Crippen LogP contribution in [0, 0.1) is 6.92 Å². The Labute approximate surface area is 201 Å². The lowest BCUT2D eigenvalue weighted by molar-refractivity contribution is -0.147. The van der Waals surface area contributed by atoms with Crippen LogP contribution in [0.15, 0.2) is 40.6 Å². The Morgan fingerprint density at radius 2 is 1.94 bits per heavy atom. The van der Waals surface area contributed by atoms with Gasteiger partial charge in [0, 0.05) is 13.1 Å². The molecule has 0 bridgehead atoms. The van der Waals surface area contributed by atoms with Crippen molar-refractivity contribution in [2.45, 2.75) is 18.3 Å². The van der Waals surface area contributed by atoms with Crippen LogP contribution in [0.1, 0.15) is 17.1 Å². The second-order valence-electron chi connectivity index (χ2n) is 7.18. The number of hydrogen-bond donors (Lipinski definition) is 0. The van der Waals surface area contributed by atoms with E-state index in [-0.39, 0.29) is 22.0 Å². The average Bonchev–Trinajstić information content (AvgIpc) is 3.37. The number of ether oxygens (including phenoxy) is 1. The predicted octanol–water partition coefficient (Wildman–Crippen LogP) is 3.28. The van der Waals surface area contributed by atoms with Crippen LogP contribution < -0.4 is 0 Å². The molecule has 3 aromatic rings. The Morgan fingerprint density at radius 3 is 2.62 bits per heavy atom. The van der Waals surface area contributed by atoms with Crippen molar-refractivity contribution in [1.82, 2.24) is 29.6 Å². The first kappa shape index (κ1) is 24.2. The Bertz CT molecular complexity index is 1190. The number of aryl methyl sites for hydroxylation is 1. The lowest BCUT2D eigenvalue weighted by Crippen LogP contribution is -2.41. The molecule has 1 fully saturated rings. The molecule has 180 valence electrons. The maximum Gasteiger partial charge on any atom is 0.453 e. The summed E-state index contributed by atoms with van der Waals surface area (Å²) in [4.78, 5) is 14.0. The summed E-state index contributed by atoms with van der Waals surface area (Å²) in [6.07, 6.45) is -3.62. The summed E-state index contributed by atoms with van der Waals surface area (Å²) >= 11 is 7.26. The number of alkyl halides is 3. The highest BCUT2D eigenvalue weighted by atomic mass is 35.5. The van der Waals surface area contributed by atoms with Gasteiger partial charge in [0.1, 0.15) is 5.15 Å². The lowest BCUT2D eigenvalue weighted by Gasteiger charge is -2.26. The van der Waals surface area contributed by atoms with Gasteiger partial charge in [0.15, 0.2) is 0 Å². The van der Waals surface area contributed by atoms with Gasteiger partial charge < -0.3 is 9.64 Å². The maximum atomic E-state index is 13.5. The number of para-hydroxylation sites is 1. The fourth-order valence-electron chi connectivity index (χ4n) is 3.18. The third-order valence-electron chi connectivity index (χ3n) is 4.91. The second kappa shape index (κ2) is 10.2. The van der Waals surface area contributed by atoms with E-state index < -0.39 is 12.0 Å². The van der Waals surface area contributed by atoms with E-state index in [0.29, 0.717) is 47.9 Å². The molecule has 0 spiro atoms. The summed E-state index contributed by atoms with van der Waals surface area (Å²) in [5, 5.41) is 15.2. The topological polar surface area (TPSA) is 90.4 Å². The molecule has 1 amide bonds. The third kappa shape index (κ3) is 5.26. The number of aromatic nitrogens is 5. The number of halogens is 4. The van der Waals surface area contributed by atoms with E-state index >= 15 is 0 Å². The third-order valence-corrected chi connectivity index (χ3v) is 6.17. The van der Waals surface area contributed by atoms with Gasteiger partial charge in [-0.15, -0.1) is 10.2 Å². The van der Waals surface area contributed by atoms with Crippen molar-refractivity contribution in [2.24, 2.45) is 5.10 Å². The van der Waals surface area contributed by atoms with Gasteiger partial charge in [-0.25, -0.2) is 4.68 Å². The zero-order valence-corrected chi connectivity index (χ0v) is 19.4. The predicted molar refractivity (Wildman–Crippen MR) is 119 cm³/mol. The monoisotopic (exact) mass is 513 g/mol. The standard InChI is InChI=1S/C20H19ClF3N7O2S/c1-13-15(17(21)30(28-13)14-5-3-2-4-6-14)11-25-31-18(20(22,23)24)26-27-19(31)34-12-16(32)29-7-9-33-10-8-29/h2-6,11H,7-10,12H2,1H3/b25-11-. The molecule has 34 heavy (non-hydrogen) atoms. The van der Waals surface area contributed by atoms with E-state index in [1.54, 1.807) is 24.0 Å². The van der Waals surface area contributed by atoms with Crippen LogP contribution in [-0.4, -0.2) is 73.7 Å². The van der Waals surface area contributed by atoms with E-state index in [1.165, 1.54) is 10.9 Å². The molecule has 9 nitrogen and oxygen atoms in total. The molecule has 0 unspecified atom stereocenters. The number of rotatable bonds is 6. The highest BCUT2D eigenvalue weighted by Crippen LogP contribution is 2.31. The zero-order chi connectivity index (χ0) is 24.3. The first-order valence-corrected chi connectivity index (χ1v) is 11.5. The fourth-order valence-corrected chi connectivity index (χ4v) is 4.29. The minimum Gasteiger partial charge on any atom is -0.378 e. The summed E-state index contributed by atoms with van der Waals surface area (Å²) in [5.41, 5.74) is 1.50. The molecule has 14 heteroatoms. The molecule has 1 aliphatic heterocycles. The van der Waals surface area contributed by atoms with Gasteiger partial charge in [-0.05, 0) is 19.1 Å².